The van der Waals surface area contributed by atoms with E-state index in [0.717, 1.165) is 6.42 Å². The van der Waals surface area contributed by atoms with Crippen LogP contribution >= 0.6 is 0 Å². The van der Waals surface area contributed by atoms with Gasteiger partial charge in [0.15, 0.2) is 11.5 Å². The molecule has 152 valence electrons. The Kier molecular flexibility index (Phi) is 6.07. The summed E-state index contributed by atoms with van der Waals surface area (Å²) in [5.41, 5.74) is 3.78. The van der Waals surface area contributed by atoms with E-state index >= 15 is 0 Å². The lowest BCUT2D eigenvalue weighted by Crippen LogP contribution is -2.35. The summed E-state index contributed by atoms with van der Waals surface area (Å²) in [7, 11) is 3.06. The van der Waals surface area contributed by atoms with Gasteiger partial charge in [0, 0.05) is 0 Å². The van der Waals surface area contributed by atoms with E-state index in [1.165, 1.54) is 25.3 Å². The van der Waals surface area contributed by atoms with Gasteiger partial charge in [0.2, 0.25) is 5.75 Å². The number of carbonyl (C=O) groups excluding carboxylic acids is 2. The molecule has 29 heavy (non-hydrogen) atoms. The number of nitrogens with zero attached hydrogens (tertiary/aromatic N) is 1. The first kappa shape index (κ1) is 20.3. The highest BCUT2D eigenvalue weighted by Crippen LogP contribution is 2.40. The summed E-state index contributed by atoms with van der Waals surface area (Å²) in [6, 6.07) is 12.3. The molecule has 1 atom stereocenters. The van der Waals surface area contributed by atoms with E-state index in [4.69, 9.17) is 14.2 Å². The smallest absolute Gasteiger partial charge is 0.282 e. The summed E-state index contributed by atoms with van der Waals surface area (Å²) >= 11 is 0. The third-order valence-corrected chi connectivity index (χ3v) is 4.59. The zero-order valence-corrected chi connectivity index (χ0v) is 16.9. The number of hydrazine groups is 1. The molecular weight excluding hydrogens is 372 g/mol. The molecule has 1 N–H and O–H groups in total. The van der Waals surface area contributed by atoms with Gasteiger partial charge in [0.1, 0.15) is 5.57 Å². The predicted octanol–water partition coefficient (Wildman–Crippen LogP) is 3.34. The fraction of sp³-hybridized carbons (Fsp3) is 0.273. The Morgan fingerprint density at radius 1 is 1.07 bits per heavy atom. The fourth-order valence-corrected chi connectivity index (χ4v) is 2.87. The largest absolute Gasteiger partial charge is 0.493 e. The average molecular weight is 396 g/mol. The van der Waals surface area contributed by atoms with Crippen LogP contribution in [0.2, 0.25) is 0 Å². The molecule has 0 spiro atoms. The zero-order valence-electron chi connectivity index (χ0n) is 16.9. The molecule has 7 heteroatoms. The molecule has 2 aromatic rings. The maximum atomic E-state index is 12.8. The molecule has 1 aliphatic heterocycles. The number of anilines is 1. The molecule has 0 radical (unpaired) electrons. The van der Waals surface area contributed by atoms with E-state index in [2.05, 4.69) is 5.43 Å². The molecule has 0 saturated carbocycles. The van der Waals surface area contributed by atoms with Crippen LogP contribution in [0, 0.1) is 0 Å². The van der Waals surface area contributed by atoms with Gasteiger partial charge in [-0.25, -0.2) is 5.01 Å². The summed E-state index contributed by atoms with van der Waals surface area (Å²) in [5, 5.41) is 1.23. The predicted molar refractivity (Wildman–Crippen MR) is 110 cm³/mol. The number of rotatable bonds is 7. The first-order valence-electron chi connectivity index (χ1n) is 9.33. The number of benzene rings is 2. The van der Waals surface area contributed by atoms with Gasteiger partial charge in [0.05, 0.1) is 26.0 Å². The van der Waals surface area contributed by atoms with Gasteiger partial charge in [0.25, 0.3) is 11.8 Å². The summed E-state index contributed by atoms with van der Waals surface area (Å²) < 4.78 is 16.8. The van der Waals surface area contributed by atoms with E-state index < -0.39 is 11.8 Å². The molecule has 0 aromatic heterocycles. The number of amides is 2. The van der Waals surface area contributed by atoms with Gasteiger partial charge >= 0.3 is 0 Å². The average Bonchev–Trinajstić information content (AvgIpc) is 3.03. The topological polar surface area (TPSA) is 77.1 Å². The summed E-state index contributed by atoms with van der Waals surface area (Å²) in [5.74, 6) is 0.500. The van der Waals surface area contributed by atoms with Crippen molar-refractivity contribution < 1.29 is 23.8 Å². The van der Waals surface area contributed by atoms with E-state index in [9.17, 15) is 9.59 Å². The molecule has 1 heterocycles. The minimum atomic E-state index is -0.475. The number of hydrogen-bond acceptors (Lipinski definition) is 5. The lowest BCUT2D eigenvalue weighted by atomic mass is 10.1. The fourth-order valence-electron chi connectivity index (χ4n) is 2.87. The van der Waals surface area contributed by atoms with Crippen LogP contribution in [0.3, 0.4) is 0 Å². The highest BCUT2D eigenvalue weighted by molar-refractivity contribution is 6.31. The Labute approximate surface area is 169 Å². The molecule has 1 fully saturated rings. The van der Waals surface area contributed by atoms with Gasteiger partial charge in [-0.1, -0.05) is 25.1 Å². The highest BCUT2D eigenvalue weighted by Gasteiger charge is 2.34. The van der Waals surface area contributed by atoms with Crippen molar-refractivity contribution in [3.63, 3.8) is 0 Å². The first-order valence-corrected chi connectivity index (χ1v) is 9.33. The first-order chi connectivity index (χ1) is 14.0. The third kappa shape index (κ3) is 4.18. The van der Waals surface area contributed by atoms with E-state index in [0.29, 0.717) is 28.5 Å². The number of nitrogens with one attached hydrogen (secondary N) is 1. The monoisotopic (exact) mass is 396 g/mol. The minimum Gasteiger partial charge on any atom is -0.493 e. The van der Waals surface area contributed by atoms with Gasteiger partial charge in [-0.2, -0.15) is 0 Å². The minimum absolute atomic E-state index is 0.0218. The van der Waals surface area contributed by atoms with Crippen molar-refractivity contribution in [2.75, 3.05) is 19.2 Å². The van der Waals surface area contributed by atoms with Gasteiger partial charge < -0.3 is 14.2 Å². The van der Waals surface area contributed by atoms with Crippen molar-refractivity contribution in [1.82, 2.24) is 5.43 Å². The van der Waals surface area contributed by atoms with Crippen molar-refractivity contribution in [2.45, 2.75) is 26.4 Å². The number of para-hydroxylation sites is 1. The van der Waals surface area contributed by atoms with Crippen molar-refractivity contribution in [1.29, 1.82) is 0 Å². The molecule has 0 unspecified atom stereocenters. The SMILES string of the molecule is CC[C@@H](C)Oc1c(OC)cc(/C=C2/C(=O)NN(c3ccccc3)C2=O)cc1OC. The van der Waals surface area contributed by atoms with Crippen LogP contribution in [0.5, 0.6) is 17.2 Å². The Bertz CT molecular complexity index is 914. The molecule has 3 rings (SSSR count). The second-order valence-electron chi connectivity index (χ2n) is 6.57. The Morgan fingerprint density at radius 2 is 1.69 bits per heavy atom. The molecular formula is C22H24N2O5. The normalized spacial score (nSPS) is 16.0. The molecule has 0 bridgehead atoms. The maximum absolute atomic E-state index is 12.8. The highest BCUT2D eigenvalue weighted by atomic mass is 16.5. The molecule has 7 nitrogen and oxygen atoms in total. The zero-order chi connectivity index (χ0) is 21.0. The van der Waals surface area contributed by atoms with Gasteiger partial charge in [-0.05, 0) is 49.2 Å². The second kappa shape index (κ2) is 8.68. The van der Waals surface area contributed by atoms with Gasteiger partial charge in [-0.15, -0.1) is 0 Å². The van der Waals surface area contributed by atoms with Crippen molar-refractivity contribution in [3.05, 3.63) is 53.6 Å². The maximum Gasteiger partial charge on any atom is 0.282 e. The molecule has 0 aliphatic carbocycles. The Balaban J connectivity index is 1.97. The van der Waals surface area contributed by atoms with Crippen LogP contribution in [-0.2, 0) is 9.59 Å². The van der Waals surface area contributed by atoms with Crippen molar-refractivity contribution in [3.8, 4) is 17.2 Å². The lowest BCUT2D eigenvalue weighted by Gasteiger charge is -2.19. The van der Waals surface area contributed by atoms with E-state index in [1.807, 2.05) is 19.9 Å². The standard InChI is InChI=1S/C22H24N2O5/c1-5-14(2)29-20-18(27-3)12-15(13-19(20)28-4)11-17-21(25)23-24(22(17)26)16-9-7-6-8-10-16/h6-14H,5H2,1-4H3,(H,23,25)/b17-11-/t14-/m1/s1. The number of methoxy groups -OCH3 is 2. The number of hydrogen-bond donors (Lipinski definition) is 1. The van der Waals surface area contributed by atoms with Crippen LogP contribution in [0.25, 0.3) is 6.08 Å². The van der Waals surface area contributed by atoms with Crippen molar-refractivity contribution in [2.24, 2.45) is 0 Å². The third-order valence-electron chi connectivity index (χ3n) is 4.59. The van der Waals surface area contributed by atoms with E-state index in [1.54, 1.807) is 36.4 Å². The van der Waals surface area contributed by atoms with Crippen LogP contribution in [-0.4, -0.2) is 32.1 Å². The van der Waals surface area contributed by atoms with E-state index in [-0.39, 0.29) is 11.7 Å². The van der Waals surface area contributed by atoms with Crippen LogP contribution < -0.4 is 24.6 Å². The summed E-state index contributed by atoms with van der Waals surface area (Å²) in [6.45, 7) is 3.97. The molecule has 2 aromatic carbocycles. The van der Waals surface area contributed by atoms with Crippen LogP contribution in [0.4, 0.5) is 5.69 Å². The van der Waals surface area contributed by atoms with Crippen LogP contribution in [0.15, 0.2) is 48.0 Å². The molecule has 1 saturated heterocycles. The lowest BCUT2D eigenvalue weighted by molar-refractivity contribution is -0.117. The Morgan fingerprint density at radius 3 is 2.24 bits per heavy atom. The van der Waals surface area contributed by atoms with Crippen LogP contribution in [0.1, 0.15) is 25.8 Å². The molecule has 1 aliphatic rings. The number of carbonyl (C=O) groups is 2. The Hall–Kier alpha value is -3.48. The molecule has 2 amide bonds. The van der Waals surface area contributed by atoms with Gasteiger partial charge in [-0.3, -0.25) is 15.0 Å². The summed E-state index contributed by atoms with van der Waals surface area (Å²) in [6.07, 6.45) is 2.31. The summed E-state index contributed by atoms with van der Waals surface area (Å²) in [4.78, 5) is 25.2. The quantitative estimate of drug-likeness (QED) is 0.574. The number of ether oxygens (including phenoxy) is 3. The van der Waals surface area contributed by atoms with Crippen molar-refractivity contribution >= 4 is 23.6 Å². The second-order valence-corrected chi connectivity index (χ2v) is 6.57.